The molecule has 0 bridgehead atoms. The maximum Gasteiger partial charge on any atom is 0.408 e. The Morgan fingerprint density at radius 2 is 1.73 bits per heavy atom. The predicted octanol–water partition coefficient (Wildman–Crippen LogP) is 2.13. The molecule has 13 heteroatoms. The lowest BCUT2D eigenvalue weighted by molar-refractivity contribution is -0.384. The quantitative estimate of drug-likeness (QED) is 0.239. The highest BCUT2D eigenvalue weighted by atomic mass is 16.8. The minimum absolute atomic E-state index is 0.0247. The molecule has 0 aliphatic carbocycles. The molecule has 0 spiro atoms. The average molecular weight is 513 g/mol. The number of nitrogens with zero attached hydrogens (tertiary/aromatic N) is 2. The van der Waals surface area contributed by atoms with E-state index >= 15 is 0 Å². The van der Waals surface area contributed by atoms with Crippen molar-refractivity contribution in [3.63, 3.8) is 0 Å². The van der Waals surface area contributed by atoms with E-state index in [4.69, 9.17) is 19.0 Å². The Balaban J connectivity index is 1.42. The van der Waals surface area contributed by atoms with Gasteiger partial charge in [-0.2, -0.15) is 5.06 Å². The fraction of sp³-hybridized carbons (Fsp3) is 0.333. The topological polar surface area (TPSA) is 164 Å². The summed E-state index contributed by atoms with van der Waals surface area (Å²) in [6.45, 7) is 1.16. The highest BCUT2D eigenvalue weighted by Crippen LogP contribution is 2.36. The summed E-state index contributed by atoms with van der Waals surface area (Å²) >= 11 is 0. The van der Waals surface area contributed by atoms with Crippen molar-refractivity contribution >= 4 is 29.6 Å². The summed E-state index contributed by atoms with van der Waals surface area (Å²) in [6, 6.07) is 13.0. The lowest BCUT2D eigenvalue weighted by Gasteiger charge is -2.32. The van der Waals surface area contributed by atoms with Gasteiger partial charge in [0.1, 0.15) is 25.4 Å². The molecule has 2 aliphatic rings. The van der Waals surface area contributed by atoms with E-state index in [2.05, 4.69) is 5.32 Å². The fourth-order valence-corrected chi connectivity index (χ4v) is 3.85. The lowest BCUT2D eigenvalue weighted by Crippen LogP contribution is -2.57. The first-order valence-electron chi connectivity index (χ1n) is 11.3. The van der Waals surface area contributed by atoms with E-state index in [9.17, 15) is 29.3 Å². The van der Waals surface area contributed by atoms with Crippen LogP contribution in [-0.4, -0.2) is 51.8 Å². The number of hydroxylamine groups is 2. The lowest BCUT2D eigenvalue weighted by atomic mass is 10.1. The molecule has 0 aromatic heterocycles. The van der Waals surface area contributed by atoms with Crippen molar-refractivity contribution in [2.45, 2.75) is 50.8 Å². The summed E-state index contributed by atoms with van der Waals surface area (Å²) < 4.78 is 15.7. The molecule has 2 aromatic rings. The standard InChI is InChI=1S/C24H23N3O10/c1-15-20(25-23(31)35-14-16-5-3-2-4-6-16)21(29)26(37-15)24(12-11-19(28)36-24)22(30)34-13-17-7-9-18(10-8-17)27(32)33/h2-10,15,20H,11-14H2,1H3,(H,25,31)/t15-,20+,24?/m1/s1. The number of nitro groups is 1. The minimum atomic E-state index is -2.19. The van der Waals surface area contributed by atoms with Crippen LogP contribution >= 0.6 is 0 Å². The van der Waals surface area contributed by atoms with Gasteiger partial charge in [-0.25, -0.2) is 9.59 Å². The number of nitrogens with one attached hydrogen (secondary N) is 1. The van der Waals surface area contributed by atoms with Gasteiger partial charge >= 0.3 is 23.8 Å². The summed E-state index contributed by atoms with van der Waals surface area (Å²) in [7, 11) is 0. The second-order valence-corrected chi connectivity index (χ2v) is 8.39. The summed E-state index contributed by atoms with van der Waals surface area (Å²) in [5.41, 5.74) is -1.15. The second-order valence-electron chi connectivity index (χ2n) is 8.39. The van der Waals surface area contributed by atoms with Gasteiger partial charge < -0.3 is 19.5 Å². The molecule has 2 aliphatic heterocycles. The van der Waals surface area contributed by atoms with Crippen LogP contribution in [0.5, 0.6) is 0 Å². The third-order valence-corrected chi connectivity index (χ3v) is 5.81. The molecule has 2 amide bonds. The monoisotopic (exact) mass is 513 g/mol. The Labute approximate surface area is 210 Å². The molecule has 0 saturated carbocycles. The van der Waals surface area contributed by atoms with E-state index in [1.165, 1.54) is 31.2 Å². The van der Waals surface area contributed by atoms with Crippen LogP contribution in [0.2, 0.25) is 0 Å². The van der Waals surface area contributed by atoms with Gasteiger partial charge in [0.05, 0.1) is 11.3 Å². The molecule has 37 heavy (non-hydrogen) atoms. The van der Waals surface area contributed by atoms with Crippen molar-refractivity contribution in [1.29, 1.82) is 0 Å². The molecular weight excluding hydrogens is 490 g/mol. The van der Waals surface area contributed by atoms with Gasteiger partial charge in [-0.05, 0) is 30.2 Å². The number of benzene rings is 2. The number of rotatable bonds is 8. The van der Waals surface area contributed by atoms with Crippen LogP contribution in [-0.2, 0) is 46.6 Å². The van der Waals surface area contributed by atoms with Gasteiger partial charge in [0.25, 0.3) is 11.6 Å². The summed E-state index contributed by atoms with van der Waals surface area (Å²) in [5.74, 6) is -2.63. The second kappa shape index (κ2) is 10.6. The van der Waals surface area contributed by atoms with E-state index in [0.717, 1.165) is 5.56 Å². The molecular formula is C24H23N3O10. The molecule has 2 aromatic carbocycles. The van der Waals surface area contributed by atoms with Crippen LogP contribution in [0.15, 0.2) is 54.6 Å². The molecule has 2 saturated heterocycles. The molecule has 1 unspecified atom stereocenters. The molecule has 13 nitrogen and oxygen atoms in total. The van der Waals surface area contributed by atoms with Gasteiger partial charge in [0.15, 0.2) is 0 Å². The number of esters is 2. The first-order chi connectivity index (χ1) is 17.7. The number of hydrogen-bond acceptors (Lipinski definition) is 10. The fourth-order valence-electron chi connectivity index (χ4n) is 3.85. The highest BCUT2D eigenvalue weighted by molar-refractivity contribution is 5.94. The van der Waals surface area contributed by atoms with Gasteiger partial charge in [-0.15, -0.1) is 0 Å². The van der Waals surface area contributed by atoms with Gasteiger partial charge in [0.2, 0.25) is 0 Å². The maximum absolute atomic E-state index is 13.2. The third kappa shape index (κ3) is 5.51. The first-order valence-corrected chi connectivity index (χ1v) is 11.3. The number of non-ortho nitro benzene ring substituents is 1. The Bertz CT molecular complexity index is 1200. The van der Waals surface area contributed by atoms with Crippen molar-refractivity contribution in [3.8, 4) is 0 Å². The number of hydrogen-bond donors (Lipinski definition) is 1. The van der Waals surface area contributed by atoms with Crippen LogP contribution in [0.25, 0.3) is 0 Å². The zero-order chi connectivity index (χ0) is 26.6. The number of ether oxygens (including phenoxy) is 3. The minimum Gasteiger partial charge on any atom is -0.456 e. The Hall–Kier alpha value is -4.52. The van der Waals surface area contributed by atoms with Crippen LogP contribution in [0, 0.1) is 10.1 Å². The molecule has 2 fully saturated rings. The van der Waals surface area contributed by atoms with E-state index in [0.29, 0.717) is 10.6 Å². The van der Waals surface area contributed by atoms with Crippen molar-refractivity contribution in [3.05, 3.63) is 75.8 Å². The van der Waals surface area contributed by atoms with Crippen LogP contribution < -0.4 is 5.32 Å². The Morgan fingerprint density at radius 3 is 2.35 bits per heavy atom. The molecule has 4 rings (SSSR count). The number of cyclic esters (lactones) is 1. The number of nitro benzene ring substituents is 1. The average Bonchev–Trinajstić information content (AvgIpc) is 3.42. The molecule has 3 atom stereocenters. The van der Waals surface area contributed by atoms with E-state index < -0.39 is 46.7 Å². The number of carbonyl (C=O) groups is 4. The number of alkyl carbamates (subject to hydrolysis) is 1. The zero-order valence-corrected chi connectivity index (χ0v) is 19.7. The molecule has 2 heterocycles. The SMILES string of the molecule is C[C@H]1ON(C2(C(=O)OCc3ccc([N+](=O)[O-])cc3)CCC(=O)O2)C(=O)[C@H]1NC(=O)OCc1ccccc1. The summed E-state index contributed by atoms with van der Waals surface area (Å²) in [5, 5.41) is 13.9. The van der Waals surface area contributed by atoms with Crippen LogP contribution in [0.4, 0.5) is 10.5 Å². The van der Waals surface area contributed by atoms with Crippen molar-refractivity contribution in [2.75, 3.05) is 0 Å². The first kappa shape index (κ1) is 25.6. The normalized spacial score (nSPS) is 22.9. The van der Waals surface area contributed by atoms with Crippen LogP contribution in [0.1, 0.15) is 30.9 Å². The van der Waals surface area contributed by atoms with Gasteiger partial charge in [-0.3, -0.25) is 24.5 Å². The Kier molecular flexibility index (Phi) is 7.34. The van der Waals surface area contributed by atoms with Gasteiger partial charge in [-0.1, -0.05) is 30.3 Å². The van der Waals surface area contributed by atoms with Crippen molar-refractivity contribution in [2.24, 2.45) is 0 Å². The number of carbonyl (C=O) groups excluding carboxylic acids is 4. The third-order valence-electron chi connectivity index (χ3n) is 5.81. The summed E-state index contributed by atoms with van der Waals surface area (Å²) in [6.07, 6.45) is -2.20. The van der Waals surface area contributed by atoms with E-state index in [1.54, 1.807) is 24.3 Å². The Morgan fingerprint density at radius 1 is 1.08 bits per heavy atom. The largest absolute Gasteiger partial charge is 0.456 e. The van der Waals surface area contributed by atoms with Gasteiger partial charge in [0, 0.05) is 18.6 Å². The van der Waals surface area contributed by atoms with Crippen molar-refractivity contribution in [1.82, 2.24) is 10.4 Å². The molecule has 194 valence electrons. The maximum atomic E-state index is 13.2. The highest BCUT2D eigenvalue weighted by Gasteiger charge is 2.61. The molecule has 0 radical (unpaired) electrons. The molecule has 1 N–H and O–H groups in total. The zero-order valence-electron chi connectivity index (χ0n) is 19.7. The van der Waals surface area contributed by atoms with Crippen LogP contribution in [0.3, 0.4) is 0 Å². The smallest absolute Gasteiger partial charge is 0.408 e. The number of amides is 2. The predicted molar refractivity (Wildman–Crippen MR) is 122 cm³/mol. The van der Waals surface area contributed by atoms with E-state index in [-0.39, 0.29) is 31.7 Å². The summed E-state index contributed by atoms with van der Waals surface area (Å²) in [4.78, 5) is 66.4. The van der Waals surface area contributed by atoms with E-state index in [1.807, 2.05) is 6.07 Å². The van der Waals surface area contributed by atoms with Crippen molar-refractivity contribution < 1.29 is 43.1 Å².